The summed E-state index contributed by atoms with van der Waals surface area (Å²) in [5.74, 6) is 0.679. The third-order valence-electron chi connectivity index (χ3n) is 9.44. The summed E-state index contributed by atoms with van der Waals surface area (Å²) in [5.41, 5.74) is 2.48. The summed E-state index contributed by atoms with van der Waals surface area (Å²) >= 11 is 13.5. The number of piperidine rings is 1. The molecule has 3 heterocycles. The number of hydrogen-bond donors (Lipinski definition) is 2. The van der Waals surface area contributed by atoms with E-state index in [0.29, 0.717) is 53.2 Å². The molecule has 1 aliphatic carbocycles. The number of fused-ring (bicyclic) bond motifs is 1. The molecule has 1 atom stereocenters. The molecule has 8 nitrogen and oxygen atoms in total. The number of halogens is 2. The molecule has 0 spiro atoms. The van der Waals surface area contributed by atoms with Gasteiger partial charge in [-0.3, -0.25) is 9.69 Å². The van der Waals surface area contributed by atoms with Gasteiger partial charge in [0.15, 0.2) is 0 Å². The van der Waals surface area contributed by atoms with Gasteiger partial charge < -0.3 is 15.0 Å². The van der Waals surface area contributed by atoms with Crippen LogP contribution in [0.2, 0.25) is 10.0 Å². The lowest BCUT2D eigenvalue weighted by molar-refractivity contribution is -0.139. The number of para-hydroxylation sites is 1. The van der Waals surface area contributed by atoms with Crippen LogP contribution in [0.4, 0.5) is 0 Å². The number of carbonyl (C=O) groups excluding carboxylic acids is 1. The first-order chi connectivity index (χ1) is 21.3. The standard InChI is InChI=1S/C33H41Cl2N5O3S/c1-22-20-23(2)37-31-25(22)6-5-7-28(31)43-21-26-27(34)8-9-29(30(26)35)44(42)38-33(12-3-4-13-33)32(41)40-18-16-39(17-19-40)24-10-14-36-15-11-24/h5-9,20,24,36,38H,3-4,10-19,21H2,1-2H3. The molecule has 1 amide bonds. The van der Waals surface area contributed by atoms with E-state index >= 15 is 0 Å². The van der Waals surface area contributed by atoms with Crippen molar-refractivity contribution in [2.45, 2.75) is 75.5 Å². The minimum absolute atomic E-state index is 0.0518. The van der Waals surface area contributed by atoms with Crippen molar-refractivity contribution in [2.24, 2.45) is 0 Å². The monoisotopic (exact) mass is 657 g/mol. The second-order valence-corrected chi connectivity index (χ2v) is 14.3. The van der Waals surface area contributed by atoms with E-state index in [1.54, 1.807) is 12.1 Å². The Morgan fingerprint density at radius 3 is 2.55 bits per heavy atom. The molecule has 1 unspecified atom stereocenters. The fourth-order valence-electron chi connectivity index (χ4n) is 7.01. The molecule has 2 aromatic carbocycles. The van der Waals surface area contributed by atoms with Gasteiger partial charge in [-0.15, -0.1) is 0 Å². The highest BCUT2D eigenvalue weighted by Gasteiger charge is 2.46. The van der Waals surface area contributed by atoms with E-state index in [2.05, 4.69) is 21.9 Å². The molecular weight excluding hydrogens is 617 g/mol. The fraction of sp³-hybridized carbons (Fsp3) is 0.515. The molecule has 0 radical (unpaired) electrons. The van der Waals surface area contributed by atoms with Crippen LogP contribution in [0.15, 0.2) is 41.3 Å². The van der Waals surface area contributed by atoms with Crippen molar-refractivity contribution in [3.63, 3.8) is 0 Å². The van der Waals surface area contributed by atoms with Gasteiger partial charge >= 0.3 is 0 Å². The predicted octanol–water partition coefficient (Wildman–Crippen LogP) is 5.56. The van der Waals surface area contributed by atoms with Crippen molar-refractivity contribution < 1.29 is 13.7 Å². The fourth-order valence-corrected chi connectivity index (χ4v) is 8.93. The Balaban J connectivity index is 1.16. The van der Waals surface area contributed by atoms with E-state index in [-0.39, 0.29) is 17.5 Å². The average molecular weight is 659 g/mol. The maximum atomic E-state index is 14.0. The molecule has 44 heavy (non-hydrogen) atoms. The number of rotatable bonds is 8. The van der Waals surface area contributed by atoms with Crippen molar-refractivity contribution in [3.05, 3.63) is 63.3 Å². The zero-order valence-corrected chi connectivity index (χ0v) is 27.8. The van der Waals surface area contributed by atoms with Crippen LogP contribution < -0.4 is 14.8 Å². The average Bonchev–Trinajstić information content (AvgIpc) is 3.50. The highest BCUT2D eigenvalue weighted by Crippen LogP contribution is 2.36. The molecule has 2 N–H and O–H groups in total. The summed E-state index contributed by atoms with van der Waals surface area (Å²) in [6.07, 6.45) is 5.45. The Morgan fingerprint density at radius 2 is 1.82 bits per heavy atom. The first-order valence-corrected chi connectivity index (χ1v) is 17.6. The van der Waals surface area contributed by atoms with Crippen LogP contribution in [0.3, 0.4) is 0 Å². The van der Waals surface area contributed by atoms with E-state index in [9.17, 15) is 9.00 Å². The Hall–Kier alpha value is -2.27. The molecule has 3 fully saturated rings. The summed E-state index contributed by atoms with van der Waals surface area (Å²) in [6, 6.07) is 11.8. The molecule has 0 bridgehead atoms. The number of carbonyl (C=O) groups is 1. The Labute approximate surface area is 272 Å². The lowest BCUT2D eigenvalue weighted by atomic mass is 9.96. The summed E-state index contributed by atoms with van der Waals surface area (Å²) in [6.45, 7) is 9.38. The third kappa shape index (κ3) is 6.50. The van der Waals surface area contributed by atoms with Crippen LogP contribution in [-0.2, 0) is 22.4 Å². The molecule has 2 aliphatic heterocycles. The van der Waals surface area contributed by atoms with Crippen molar-refractivity contribution in [1.29, 1.82) is 0 Å². The number of ether oxygens (including phenoxy) is 1. The van der Waals surface area contributed by atoms with Crippen LogP contribution in [0.25, 0.3) is 10.9 Å². The maximum absolute atomic E-state index is 14.0. The molecule has 11 heteroatoms. The molecule has 2 saturated heterocycles. The van der Waals surface area contributed by atoms with Gasteiger partial charge in [0.2, 0.25) is 5.91 Å². The highest BCUT2D eigenvalue weighted by atomic mass is 35.5. The number of nitrogens with zero attached hydrogens (tertiary/aromatic N) is 3. The molecule has 3 aromatic rings. The smallest absolute Gasteiger partial charge is 0.243 e. The van der Waals surface area contributed by atoms with Gasteiger partial charge in [-0.2, -0.15) is 0 Å². The Bertz CT molecular complexity index is 1550. The Morgan fingerprint density at radius 1 is 1.09 bits per heavy atom. The topological polar surface area (TPSA) is 86.8 Å². The van der Waals surface area contributed by atoms with Gasteiger partial charge in [0.05, 0.1) is 9.92 Å². The van der Waals surface area contributed by atoms with Gasteiger partial charge in [0, 0.05) is 53.9 Å². The number of amides is 1. The van der Waals surface area contributed by atoms with Crippen molar-refractivity contribution in [3.8, 4) is 5.75 Å². The number of aryl methyl sites for hydroxylation is 2. The third-order valence-corrected chi connectivity index (χ3v) is 11.7. The zero-order valence-electron chi connectivity index (χ0n) is 25.5. The number of hydrogen-bond acceptors (Lipinski definition) is 6. The van der Waals surface area contributed by atoms with E-state index < -0.39 is 16.5 Å². The second-order valence-electron chi connectivity index (χ2n) is 12.3. The normalized spacial score (nSPS) is 20.2. The summed E-state index contributed by atoms with van der Waals surface area (Å²) in [7, 11) is -1.73. The number of aromatic nitrogens is 1. The first kappa shape index (κ1) is 31.7. The largest absolute Gasteiger partial charge is 0.487 e. The molecule has 3 aliphatic rings. The molecule has 1 saturated carbocycles. The maximum Gasteiger partial charge on any atom is 0.243 e. The van der Waals surface area contributed by atoms with Crippen LogP contribution in [0, 0.1) is 13.8 Å². The number of benzene rings is 2. The zero-order chi connectivity index (χ0) is 30.8. The van der Waals surface area contributed by atoms with E-state index in [1.807, 2.05) is 36.1 Å². The van der Waals surface area contributed by atoms with E-state index in [1.165, 1.54) is 0 Å². The van der Waals surface area contributed by atoms with Gasteiger partial charge in [-0.05, 0) is 82.4 Å². The second kappa shape index (κ2) is 13.6. The summed E-state index contributed by atoms with van der Waals surface area (Å²) < 4.78 is 23.4. The van der Waals surface area contributed by atoms with Crippen LogP contribution in [0.5, 0.6) is 5.75 Å². The number of nitrogens with one attached hydrogen (secondary N) is 2. The van der Waals surface area contributed by atoms with Crippen LogP contribution in [-0.4, -0.2) is 75.7 Å². The molecule has 6 rings (SSSR count). The SMILES string of the molecule is Cc1cc(C)c2cccc(OCc3c(Cl)ccc(S(=O)NC4(C(=O)N5CCN(C6CCNCC6)CC5)CCCC4)c3Cl)c2n1. The minimum Gasteiger partial charge on any atom is -0.487 e. The molecule has 1 aromatic heterocycles. The van der Waals surface area contributed by atoms with Crippen molar-refractivity contribution in [2.75, 3.05) is 39.3 Å². The van der Waals surface area contributed by atoms with Crippen LogP contribution in [0.1, 0.15) is 55.3 Å². The summed E-state index contributed by atoms with van der Waals surface area (Å²) in [5, 5.41) is 5.16. The minimum atomic E-state index is -1.73. The number of pyridine rings is 1. The van der Waals surface area contributed by atoms with E-state index in [0.717, 1.165) is 74.0 Å². The van der Waals surface area contributed by atoms with Crippen molar-refractivity contribution >= 4 is 51.0 Å². The van der Waals surface area contributed by atoms with Gasteiger partial charge in [0.1, 0.15) is 34.4 Å². The van der Waals surface area contributed by atoms with Crippen molar-refractivity contribution in [1.82, 2.24) is 24.8 Å². The number of piperazine rings is 1. The first-order valence-electron chi connectivity index (χ1n) is 15.7. The highest BCUT2D eigenvalue weighted by molar-refractivity contribution is 7.83. The van der Waals surface area contributed by atoms with Gasteiger partial charge in [-0.1, -0.05) is 48.2 Å². The Kier molecular flexibility index (Phi) is 9.81. The quantitative estimate of drug-likeness (QED) is 0.330. The lowest BCUT2D eigenvalue weighted by Gasteiger charge is -2.43. The molecular formula is C33H41Cl2N5O3S. The predicted molar refractivity (Wildman–Crippen MR) is 177 cm³/mol. The van der Waals surface area contributed by atoms with Gasteiger partial charge in [0.25, 0.3) is 0 Å². The molecule has 236 valence electrons. The van der Waals surface area contributed by atoms with Gasteiger partial charge in [-0.25, -0.2) is 13.9 Å². The summed E-state index contributed by atoms with van der Waals surface area (Å²) in [4.78, 5) is 23.6. The lowest BCUT2D eigenvalue weighted by Crippen LogP contribution is -2.61. The van der Waals surface area contributed by atoms with Crippen LogP contribution >= 0.6 is 23.2 Å². The van der Waals surface area contributed by atoms with E-state index in [4.69, 9.17) is 32.9 Å².